The first kappa shape index (κ1) is 22.2. The number of nitrogens with zero attached hydrogens (tertiary/aromatic N) is 3. The number of primary amides is 1. The van der Waals surface area contributed by atoms with Crippen LogP contribution in [-0.4, -0.2) is 65.0 Å². The quantitative estimate of drug-likeness (QED) is 0.678. The number of hydrogen-bond acceptors (Lipinski definition) is 6. The lowest BCUT2D eigenvalue weighted by molar-refractivity contribution is -0.130. The summed E-state index contributed by atoms with van der Waals surface area (Å²) in [4.78, 5) is 33.4. The van der Waals surface area contributed by atoms with Crippen molar-refractivity contribution in [2.75, 3.05) is 26.2 Å². The third-order valence-corrected chi connectivity index (χ3v) is 8.01. The van der Waals surface area contributed by atoms with Crippen molar-refractivity contribution in [2.45, 2.75) is 57.2 Å². The molecule has 0 spiro atoms. The zero-order valence-corrected chi connectivity index (χ0v) is 19.6. The maximum Gasteiger partial charge on any atom is 0.312 e. The normalized spacial score (nSPS) is 22.8. The van der Waals surface area contributed by atoms with Gasteiger partial charge in [-0.15, -0.1) is 11.3 Å². The maximum atomic E-state index is 12.3. The molecule has 1 saturated carbocycles. The van der Waals surface area contributed by atoms with Gasteiger partial charge in [-0.25, -0.2) is 9.78 Å². The molecule has 1 saturated heterocycles. The molecule has 3 heterocycles. The number of piperidine rings is 1. The number of carbonyl (C=O) groups excluding carboxylic acids is 2. The van der Waals surface area contributed by atoms with Gasteiger partial charge >= 0.3 is 6.03 Å². The summed E-state index contributed by atoms with van der Waals surface area (Å²) in [5.74, 6) is 0.787. The summed E-state index contributed by atoms with van der Waals surface area (Å²) in [7, 11) is 0. The van der Waals surface area contributed by atoms with E-state index in [0.717, 1.165) is 46.2 Å². The number of ether oxygens (including phenoxy) is 1. The van der Waals surface area contributed by atoms with Crippen molar-refractivity contribution in [3.05, 3.63) is 34.8 Å². The first-order valence-corrected chi connectivity index (χ1v) is 12.7. The van der Waals surface area contributed by atoms with Gasteiger partial charge in [0.05, 0.1) is 18.8 Å². The average molecular weight is 470 g/mol. The molecule has 0 radical (unpaired) electrons. The molecule has 5 rings (SSSR count). The van der Waals surface area contributed by atoms with Crippen LogP contribution < -0.4 is 15.8 Å². The van der Waals surface area contributed by atoms with Gasteiger partial charge in [0.25, 0.3) is 0 Å². The summed E-state index contributed by atoms with van der Waals surface area (Å²) in [5, 5.41) is 3.33. The Balaban J connectivity index is 1.15. The highest BCUT2D eigenvalue weighted by atomic mass is 32.1. The zero-order valence-electron chi connectivity index (χ0n) is 18.8. The van der Waals surface area contributed by atoms with Gasteiger partial charge in [0.2, 0.25) is 5.91 Å². The topological polar surface area (TPSA) is 101 Å². The van der Waals surface area contributed by atoms with E-state index in [0.29, 0.717) is 25.2 Å². The summed E-state index contributed by atoms with van der Waals surface area (Å²) >= 11 is 1.62. The third kappa shape index (κ3) is 5.14. The molecule has 2 fully saturated rings. The van der Waals surface area contributed by atoms with Crippen LogP contribution >= 0.6 is 11.3 Å². The minimum absolute atomic E-state index is 0.0719. The van der Waals surface area contributed by atoms with E-state index in [1.807, 2.05) is 12.1 Å². The van der Waals surface area contributed by atoms with Crippen LogP contribution in [0.5, 0.6) is 5.75 Å². The van der Waals surface area contributed by atoms with Crippen LogP contribution in [0.3, 0.4) is 0 Å². The highest BCUT2D eigenvalue weighted by molar-refractivity contribution is 7.15. The van der Waals surface area contributed by atoms with E-state index in [-0.39, 0.29) is 12.5 Å². The van der Waals surface area contributed by atoms with Gasteiger partial charge in [-0.05, 0) is 50.2 Å². The summed E-state index contributed by atoms with van der Waals surface area (Å²) in [5.41, 5.74) is 7.18. The molecule has 1 aromatic carbocycles. The molecule has 3 aliphatic rings. The molecule has 1 aromatic heterocycles. The van der Waals surface area contributed by atoms with Gasteiger partial charge in [0.1, 0.15) is 16.9 Å². The minimum atomic E-state index is -0.687. The molecule has 3 N–H and O–H groups in total. The van der Waals surface area contributed by atoms with E-state index in [1.54, 1.807) is 16.2 Å². The summed E-state index contributed by atoms with van der Waals surface area (Å²) < 4.78 is 6.20. The van der Waals surface area contributed by atoms with E-state index >= 15 is 0 Å². The Hall–Kier alpha value is -2.65. The number of thiazole rings is 1. The van der Waals surface area contributed by atoms with Crippen LogP contribution in [-0.2, 0) is 17.8 Å². The van der Waals surface area contributed by atoms with E-state index in [9.17, 15) is 9.59 Å². The van der Waals surface area contributed by atoms with Crippen LogP contribution in [0, 0.1) is 0 Å². The van der Waals surface area contributed by atoms with E-state index in [2.05, 4.69) is 22.3 Å². The second-order valence-corrected chi connectivity index (χ2v) is 10.2. The highest BCUT2D eigenvalue weighted by Crippen LogP contribution is 2.34. The number of fused-ring (bicyclic) bond motifs is 1. The number of nitrogens with two attached hydrogens (primary N) is 1. The van der Waals surface area contributed by atoms with Crippen LogP contribution in [0.1, 0.15) is 42.7 Å². The lowest BCUT2D eigenvalue weighted by Gasteiger charge is -2.44. The fourth-order valence-electron chi connectivity index (χ4n) is 4.89. The summed E-state index contributed by atoms with van der Waals surface area (Å²) in [6.07, 6.45) is 7.35. The second kappa shape index (κ2) is 9.69. The van der Waals surface area contributed by atoms with Gasteiger partial charge in [0, 0.05) is 42.3 Å². The Morgan fingerprint density at radius 2 is 1.88 bits per heavy atom. The number of aromatic nitrogens is 1. The largest absolute Gasteiger partial charge is 0.490 e. The fraction of sp³-hybridized carbons (Fsp3) is 0.542. The lowest BCUT2D eigenvalue weighted by Crippen LogP contribution is -2.50. The van der Waals surface area contributed by atoms with Crippen molar-refractivity contribution in [1.29, 1.82) is 0 Å². The van der Waals surface area contributed by atoms with Gasteiger partial charge in [-0.1, -0.05) is 6.42 Å². The molecule has 2 aromatic rings. The van der Waals surface area contributed by atoms with Crippen molar-refractivity contribution in [1.82, 2.24) is 20.1 Å². The number of nitrogens with one attached hydrogen (secondary N) is 1. The van der Waals surface area contributed by atoms with Crippen molar-refractivity contribution in [3.63, 3.8) is 0 Å². The van der Waals surface area contributed by atoms with Crippen LogP contribution in [0.25, 0.3) is 10.6 Å². The molecule has 0 bridgehead atoms. The SMILES string of the molecule is NC(=O)NCC(=O)N1CCc2nc(-c3ccc(O[C@H]4C[C@H](N5CCCCC5)C4)cc3)sc2C1. The maximum absolute atomic E-state index is 12.3. The molecule has 0 unspecified atom stereocenters. The lowest BCUT2D eigenvalue weighted by atomic mass is 9.86. The Kier molecular flexibility index (Phi) is 6.50. The summed E-state index contributed by atoms with van der Waals surface area (Å²) in [6, 6.07) is 8.23. The third-order valence-electron chi connectivity index (χ3n) is 6.88. The standard InChI is InChI=1S/C24H31N5O3S/c25-24(31)26-14-22(30)29-11-8-20-21(15-29)33-23(27-20)16-4-6-18(7-5-16)32-19-12-17(13-19)28-9-2-1-3-10-28/h4-7,17,19H,1-3,8-15H2,(H3,25,26,31)/t17-,19-. The van der Waals surface area contributed by atoms with Crippen molar-refractivity contribution in [2.24, 2.45) is 5.73 Å². The number of benzene rings is 1. The minimum Gasteiger partial charge on any atom is -0.490 e. The summed E-state index contributed by atoms with van der Waals surface area (Å²) in [6.45, 7) is 3.55. The van der Waals surface area contributed by atoms with E-state index in [1.165, 1.54) is 32.4 Å². The smallest absolute Gasteiger partial charge is 0.312 e. The average Bonchev–Trinajstić information content (AvgIpc) is 3.24. The van der Waals surface area contributed by atoms with Gasteiger partial charge in [-0.3, -0.25) is 4.79 Å². The number of amides is 3. The number of hydrogen-bond donors (Lipinski definition) is 2. The van der Waals surface area contributed by atoms with Crippen LogP contribution in [0.15, 0.2) is 24.3 Å². The first-order valence-electron chi connectivity index (χ1n) is 11.9. The van der Waals surface area contributed by atoms with Crippen LogP contribution in [0.2, 0.25) is 0 Å². The van der Waals surface area contributed by atoms with Crippen molar-refractivity contribution in [3.8, 4) is 16.3 Å². The Labute approximate surface area is 198 Å². The Morgan fingerprint density at radius 1 is 1.12 bits per heavy atom. The van der Waals surface area contributed by atoms with Gasteiger partial charge in [-0.2, -0.15) is 0 Å². The molecule has 2 aliphatic heterocycles. The molecule has 8 nitrogen and oxygen atoms in total. The Morgan fingerprint density at radius 3 is 2.61 bits per heavy atom. The van der Waals surface area contributed by atoms with Gasteiger partial charge in [0.15, 0.2) is 0 Å². The van der Waals surface area contributed by atoms with Crippen molar-refractivity contribution >= 4 is 23.3 Å². The number of rotatable bonds is 6. The molecule has 3 amide bonds. The highest BCUT2D eigenvalue weighted by Gasteiger charge is 2.35. The van der Waals surface area contributed by atoms with Crippen molar-refractivity contribution < 1.29 is 14.3 Å². The molecule has 176 valence electrons. The molecular weight excluding hydrogens is 438 g/mol. The van der Waals surface area contributed by atoms with E-state index < -0.39 is 6.03 Å². The molecule has 1 aliphatic carbocycles. The first-order chi connectivity index (χ1) is 16.0. The number of carbonyl (C=O) groups is 2. The predicted molar refractivity (Wildman–Crippen MR) is 127 cm³/mol. The molecule has 0 atom stereocenters. The fourth-order valence-corrected chi connectivity index (χ4v) is 6.02. The number of likely N-dealkylation sites (tertiary alicyclic amines) is 1. The molecular formula is C24H31N5O3S. The molecule has 33 heavy (non-hydrogen) atoms. The van der Waals surface area contributed by atoms with Gasteiger partial charge < -0.3 is 25.6 Å². The van der Waals surface area contributed by atoms with Crippen LogP contribution in [0.4, 0.5) is 4.79 Å². The molecule has 9 heteroatoms. The number of urea groups is 1. The Bertz CT molecular complexity index is 996. The van der Waals surface area contributed by atoms with E-state index in [4.69, 9.17) is 15.5 Å². The zero-order chi connectivity index (χ0) is 22.8. The predicted octanol–water partition coefficient (Wildman–Crippen LogP) is 2.76. The monoisotopic (exact) mass is 469 g/mol. The second-order valence-electron chi connectivity index (χ2n) is 9.16.